The van der Waals surface area contributed by atoms with E-state index in [1.54, 1.807) is 6.07 Å². The summed E-state index contributed by atoms with van der Waals surface area (Å²) in [6.07, 6.45) is 0. The number of nitrogens with zero attached hydrogens (tertiary/aromatic N) is 2. The molecule has 1 aromatic carbocycles. The van der Waals surface area contributed by atoms with Crippen LogP contribution in [0.1, 0.15) is 32.5 Å². The number of benzene rings is 1. The van der Waals surface area contributed by atoms with E-state index >= 15 is 0 Å². The number of nitrogens with two attached hydrogens (primary N) is 1. The molecule has 0 amide bonds. The van der Waals surface area contributed by atoms with Crippen molar-refractivity contribution in [1.29, 1.82) is 0 Å². The summed E-state index contributed by atoms with van der Waals surface area (Å²) < 4.78 is 18.3. The van der Waals surface area contributed by atoms with Crippen molar-refractivity contribution in [2.24, 2.45) is 0 Å². The summed E-state index contributed by atoms with van der Waals surface area (Å²) >= 11 is 1.38. The van der Waals surface area contributed by atoms with Crippen LogP contribution >= 0.6 is 11.8 Å². The fourth-order valence-corrected chi connectivity index (χ4v) is 2.22. The number of anilines is 1. The minimum atomic E-state index is -0.308. The molecule has 0 radical (unpaired) electrons. The monoisotopic (exact) mass is 281 g/mol. The van der Waals surface area contributed by atoms with E-state index in [1.165, 1.54) is 23.9 Å². The van der Waals surface area contributed by atoms with Crippen LogP contribution in [0.4, 0.5) is 10.1 Å². The van der Waals surface area contributed by atoms with Crippen LogP contribution in [0.3, 0.4) is 0 Å². The van der Waals surface area contributed by atoms with Crippen molar-refractivity contribution in [2.45, 2.75) is 36.8 Å². The smallest absolute Gasteiger partial charge is 0.237 e. The zero-order chi connectivity index (χ0) is 14.0. The molecule has 0 saturated heterocycles. The first-order chi connectivity index (χ1) is 8.86. The SMILES string of the molecule is CC(C)(C)c1noc(CSc2cc(F)ccc2N)n1. The number of halogens is 1. The summed E-state index contributed by atoms with van der Waals surface area (Å²) in [6, 6.07) is 4.29. The largest absolute Gasteiger partial charge is 0.398 e. The standard InChI is InChI=1S/C13H16FN3OS/c1-13(2,3)12-16-11(18-17-12)7-19-10-6-8(14)4-5-9(10)15/h4-6H,7,15H2,1-3H3. The van der Waals surface area contributed by atoms with E-state index in [-0.39, 0.29) is 11.2 Å². The Morgan fingerprint density at radius 3 is 2.74 bits per heavy atom. The van der Waals surface area contributed by atoms with Crippen LogP contribution in [0.25, 0.3) is 0 Å². The van der Waals surface area contributed by atoms with Crippen molar-refractivity contribution < 1.29 is 8.91 Å². The molecule has 19 heavy (non-hydrogen) atoms. The van der Waals surface area contributed by atoms with Gasteiger partial charge in [-0.2, -0.15) is 4.98 Å². The van der Waals surface area contributed by atoms with Gasteiger partial charge in [-0.3, -0.25) is 0 Å². The van der Waals surface area contributed by atoms with Crippen LogP contribution in [0.15, 0.2) is 27.6 Å². The highest BCUT2D eigenvalue weighted by Gasteiger charge is 2.20. The molecule has 1 heterocycles. The van der Waals surface area contributed by atoms with Crippen molar-refractivity contribution in [3.8, 4) is 0 Å². The van der Waals surface area contributed by atoms with E-state index in [2.05, 4.69) is 10.1 Å². The molecule has 4 nitrogen and oxygen atoms in total. The van der Waals surface area contributed by atoms with Gasteiger partial charge in [-0.1, -0.05) is 25.9 Å². The van der Waals surface area contributed by atoms with Gasteiger partial charge in [0.05, 0.1) is 5.75 Å². The molecule has 0 fully saturated rings. The minimum Gasteiger partial charge on any atom is -0.398 e. The third kappa shape index (κ3) is 3.47. The summed E-state index contributed by atoms with van der Waals surface area (Å²) in [7, 11) is 0. The second kappa shape index (κ2) is 5.21. The summed E-state index contributed by atoms with van der Waals surface area (Å²) in [5.41, 5.74) is 6.17. The second-order valence-electron chi connectivity index (χ2n) is 5.23. The van der Waals surface area contributed by atoms with Crippen LogP contribution in [0.5, 0.6) is 0 Å². The van der Waals surface area contributed by atoms with Crippen molar-refractivity contribution >= 4 is 17.4 Å². The average molecular weight is 281 g/mol. The average Bonchev–Trinajstić information content (AvgIpc) is 2.79. The molecule has 0 saturated carbocycles. The van der Waals surface area contributed by atoms with Gasteiger partial charge in [-0.05, 0) is 18.2 Å². The van der Waals surface area contributed by atoms with Gasteiger partial charge >= 0.3 is 0 Å². The first-order valence-corrected chi connectivity index (χ1v) is 6.86. The number of hydrogen-bond acceptors (Lipinski definition) is 5. The number of hydrogen-bond donors (Lipinski definition) is 1. The second-order valence-corrected chi connectivity index (χ2v) is 6.25. The highest BCUT2D eigenvalue weighted by Crippen LogP contribution is 2.29. The quantitative estimate of drug-likeness (QED) is 0.690. The topological polar surface area (TPSA) is 64.9 Å². The Labute approximate surface area is 115 Å². The van der Waals surface area contributed by atoms with Crippen molar-refractivity contribution in [2.75, 3.05) is 5.73 Å². The van der Waals surface area contributed by atoms with Gasteiger partial charge in [0.25, 0.3) is 0 Å². The molecule has 0 atom stereocenters. The van der Waals surface area contributed by atoms with Gasteiger partial charge in [0.2, 0.25) is 5.89 Å². The van der Waals surface area contributed by atoms with Crippen molar-refractivity contribution in [3.63, 3.8) is 0 Å². The van der Waals surface area contributed by atoms with Crippen molar-refractivity contribution in [1.82, 2.24) is 10.1 Å². The number of nitrogen functional groups attached to an aromatic ring is 1. The fraction of sp³-hybridized carbons (Fsp3) is 0.385. The Bertz CT molecular complexity index is 578. The Hall–Kier alpha value is -1.56. The van der Waals surface area contributed by atoms with E-state index in [0.29, 0.717) is 28.1 Å². The van der Waals surface area contributed by atoms with E-state index in [0.717, 1.165) is 0 Å². The molecule has 6 heteroatoms. The van der Waals surface area contributed by atoms with E-state index in [1.807, 2.05) is 20.8 Å². The molecule has 102 valence electrons. The maximum atomic E-state index is 13.1. The fourth-order valence-electron chi connectivity index (χ4n) is 1.39. The van der Waals surface area contributed by atoms with Crippen LogP contribution in [-0.4, -0.2) is 10.1 Å². The van der Waals surface area contributed by atoms with Crippen LogP contribution in [-0.2, 0) is 11.2 Å². The van der Waals surface area contributed by atoms with Crippen LogP contribution < -0.4 is 5.73 Å². The highest BCUT2D eigenvalue weighted by atomic mass is 32.2. The third-order valence-corrected chi connectivity index (χ3v) is 3.52. The maximum absolute atomic E-state index is 13.1. The Morgan fingerprint density at radius 1 is 1.37 bits per heavy atom. The first kappa shape index (κ1) is 13.9. The maximum Gasteiger partial charge on any atom is 0.237 e. The predicted octanol–water partition coefficient (Wildman–Crippen LogP) is 3.38. The number of aromatic nitrogens is 2. The van der Waals surface area contributed by atoms with E-state index in [9.17, 15) is 4.39 Å². The molecule has 0 unspecified atom stereocenters. The van der Waals surface area contributed by atoms with Crippen LogP contribution in [0, 0.1) is 5.82 Å². The molecule has 2 rings (SSSR count). The zero-order valence-corrected chi connectivity index (χ0v) is 11.9. The predicted molar refractivity (Wildman–Crippen MR) is 73.4 cm³/mol. The summed E-state index contributed by atoms with van der Waals surface area (Å²) in [5, 5.41) is 3.93. The van der Waals surface area contributed by atoms with Gasteiger partial charge < -0.3 is 10.3 Å². The summed E-state index contributed by atoms with van der Waals surface area (Å²) in [4.78, 5) is 4.99. The number of thioether (sulfide) groups is 1. The zero-order valence-electron chi connectivity index (χ0n) is 11.1. The number of rotatable bonds is 3. The van der Waals surface area contributed by atoms with E-state index < -0.39 is 0 Å². The molecule has 0 bridgehead atoms. The lowest BCUT2D eigenvalue weighted by Gasteiger charge is -2.10. The lowest BCUT2D eigenvalue weighted by molar-refractivity contribution is 0.373. The van der Waals surface area contributed by atoms with Crippen LogP contribution in [0.2, 0.25) is 0 Å². The van der Waals surface area contributed by atoms with Gasteiger partial charge in [-0.15, -0.1) is 11.8 Å². The molecule has 0 spiro atoms. The Morgan fingerprint density at radius 2 is 2.11 bits per heavy atom. The lowest BCUT2D eigenvalue weighted by Crippen LogP contribution is -2.13. The molecule has 2 aromatic rings. The normalized spacial score (nSPS) is 11.8. The molecular formula is C13H16FN3OS. The third-order valence-electron chi connectivity index (χ3n) is 2.47. The summed E-state index contributed by atoms with van der Waals surface area (Å²) in [6.45, 7) is 6.04. The molecule has 2 N–H and O–H groups in total. The van der Waals surface area contributed by atoms with Crippen molar-refractivity contribution in [3.05, 3.63) is 35.7 Å². The van der Waals surface area contributed by atoms with E-state index in [4.69, 9.17) is 10.3 Å². The van der Waals surface area contributed by atoms with Gasteiger partial charge in [0.15, 0.2) is 5.82 Å². The molecule has 0 aliphatic heterocycles. The molecule has 0 aliphatic carbocycles. The molecule has 0 aliphatic rings. The molecular weight excluding hydrogens is 265 g/mol. The first-order valence-electron chi connectivity index (χ1n) is 5.87. The van der Waals surface area contributed by atoms with Gasteiger partial charge in [-0.25, -0.2) is 4.39 Å². The Balaban J connectivity index is 2.06. The molecule has 1 aromatic heterocycles. The van der Waals surface area contributed by atoms with Gasteiger partial charge in [0.1, 0.15) is 5.82 Å². The Kier molecular flexibility index (Phi) is 3.80. The van der Waals surface area contributed by atoms with Gasteiger partial charge in [0, 0.05) is 16.0 Å². The lowest BCUT2D eigenvalue weighted by atomic mass is 9.96. The summed E-state index contributed by atoms with van der Waals surface area (Å²) in [5.74, 6) is 1.34. The highest BCUT2D eigenvalue weighted by molar-refractivity contribution is 7.98. The minimum absolute atomic E-state index is 0.149.